The molecule has 0 fully saturated rings. The van der Waals surface area contributed by atoms with Gasteiger partial charge in [-0.2, -0.15) is 0 Å². The van der Waals surface area contributed by atoms with Gasteiger partial charge in [0.05, 0.1) is 5.52 Å². The van der Waals surface area contributed by atoms with Gasteiger partial charge >= 0.3 is 11.4 Å². The van der Waals surface area contributed by atoms with E-state index in [4.69, 9.17) is 8.83 Å². The third-order valence-corrected chi connectivity index (χ3v) is 4.07. The summed E-state index contributed by atoms with van der Waals surface area (Å²) in [5.41, 5.74) is 1.75. The normalized spacial score (nSPS) is 11.1. The average molecular weight is 350 g/mol. The molecule has 4 rings (SSSR count). The summed E-state index contributed by atoms with van der Waals surface area (Å²) in [6.07, 6.45) is 0.536. The quantitative estimate of drug-likeness (QED) is 0.549. The monoisotopic (exact) mass is 350 g/mol. The fourth-order valence-electron chi connectivity index (χ4n) is 2.79. The Labute approximate surface area is 146 Å². The maximum absolute atomic E-state index is 12.3. The molecule has 0 spiro atoms. The maximum Gasteiger partial charge on any atom is 0.417 e. The van der Waals surface area contributed by atoms with Crippen molar-refractivity contribution in [3.8, 4) is 0 Å². The lowest BCUT2D eigenvalue weighted by Crippen LogP contribution is -2.29. The van der Waals surface area contributed by atoms with E-state index in [1.807, 2.05) is 6.07 Å². The van der Waals surface area contributed by atoms with Crippen LogP contribution in [-0.4, -0.2) is 17.4 Å². The molecule has 2 N–H and O–H groups in total. The van der Waals surface area contributed by atoms with E-state index in [2.05, 4.69) is 10.3 Å². The van der Waals surface area contributed by atoms with Crippen molar-refractivity contribution in [1.29, 1.82) is 0 Å². The number of aromatic amines is 1. The molecule has 0 unspecified atom stereocenters. The van der Waals surface area contributed by atoms with E-state index in [9.17, 15) is 14.4 Å². The largest absolute Gasteiger partial charge is 0.422 e. The zero-order valence-corrected chi connectivity index (χ0v) is 13.6. The first kappa shape index (κ1) is 15.9. The van der Waals surface area contributed by atoms with Crippen LogP contribution in [0.2, 0.25) is 0 Å². The van der Waals surface area contributed by atoms with Gasteiger partial charge in [-0.25, -0.2) is 9.59 Å². The first-order valence-electron chi connectivity index (χ1n) is 8.03. The highest BCUT2D eigenvalue weighted by atomic mass is 16.4. The van der Waals surface area contributed by atoms with Crippen LogP contribution in [0.25, 0.3) is 22.1 Å². The second kappa shape index (κ2) is 6.36. The third kappa shape index (κ3) is 3.02. The first-order chi connectivity index (χ1) is 12.6. The molecule has 0 saturated carbocycles. The number of amides is 1. The molecule has 2 heterocycles. The summed E-state index contributed by atoms with van der Waals surface area (Å²) in [4.78, 5) is 38.0. The van der Waals surface area contributed by atoms with E-state index >= 15 is 0 Å². The number of H-pyrrole nitrogens is 1. The first-order valence-corrected chi connectivity index (χ1v) is 8.03. The predicted molar refractivity (Wildman–Crippen MR) is 95.4 cm³/mol. The number of fused-ring (bicyclic) bond motifs is 2. The van der Waals surface area contributed by atoms with Crippen LogP contribution < -0.4 is 16.7 Å². The number of carbonyl (C=O) groups is 1. The lowest BCUT2D eigenvalue weighted by molar-refractivity contribution is 0.0950. The topological polar surface area (TPSA) is 105 Å². The SMILES string of the molecule is O=C(NCCc1ccc2oc(=O)[nH]c2c1)c1cc2ccccc2oc1=O. The van der Waals surface area contributed by atoms with Crippen LogP contribution in [0, 0.1) is 0 Å². The highest BCUT2D eigenvalue weighted by Gasteiger charge is 2.13. The second-order valence-corrected chi connectivity index (χ2v) is 5.84. The number of benzene rings is 2. The molecule has 0 aliphatic rings. The smallest absolute Gasteiger partial charge is 0.417 e. The summed E-state index contributed by atoms with van der Waals surface area (Å²) < 4.78 is 10.1. The molecule has 0 aliphatic heterocycles. The van der Waals surface area contributed by atoms with Gasteiger partial charge in [-0.05, 0) is 36.2 Å². The van der Waals surface area contributed by atoms with E-state index in [0.29, 0.717) is 35.0 Å². The Morgan fingerprint density at radius 1 is 1.00 bits per heavy atom. The van der Waals surface area contributed by atoms with Gasteiger partial charge in [-0.3, -0.25) is 9.78 Å². The van der Waals surface area contributed by atoms with Gasteiger partial charge in [0.2, 0.25) is 0 Å². The number of para-hydroxylation sites is 1. The lowest BCUT2D eigenvalue weighted by atomic mass is 10.1. The van der Waals surface area contributed by atoms with Crippen LogP contribution >= 0.6 is 0 Å². The Morgan fingerprint density at radius 3 is 2.73 bits per heavy atom. The zero-order chi connectivity index (χ0) is 18.1. The van der Waals surface area contributed by atoms with Crippen molar-refractivity contribution in [2.75, 3.05) is 6.54 Å². The Bertz CT molecular complexity index is 1230. The molecule has 26 heavy (non-hydrogen) atoms. The molecule has 0 saturated heterocycles. The number of carbonyl (C=O) groups excluding carboxylic acids is 1. The molecule has 7 heteroatoms. The van der Waals surface area contributed by atoms with Gasteiger partial charge in [-0.15, -0.1) is 0 Å². The van der Waals surface area contributed by atoms with E-state index in [1.165, 1.54) is 6.07 Å². The standard InChI is InChI=1S/C19H14N2O5/c22-17(13-10-12-3-1-2-4-15(12)25-18(13)23)20-8-7-11-5-6-16-14(9-11)21-19(24)26-16/h1-6,9-10H,7-8H2,(H,20,22)(H,21,24). The number of rotatable bonds is 4. The predicted octanol–water partition coefficient (Wildman–Crippen LogP) is 2.20. The fourth-order valence-corrected chi connectivity index (χ4v) is 2.79. The number of oxazole rings is 1. The number of nitrogens with one attached hydrogen (secondary N) is 2. The van der Waals surface area contributed by atoms with Crippen LogP contribution in [-0.2, 0) is 6.42 Å². The van der Waals surface area contributed by atoms with Crippen LogP contribution in [0.1, 0.15) is 15.9 Å². The van der Waals surface area contributed by atoms with Crippen molar-refractivity contribution >= 4 is 28.0 Å². The maximum atomic E-state index is 12.3. The molecular formula is C19H14N2O5. The van der Waals surface area contributed by atoms with Gasteiger partial charge in [0, 0.05) is 11.9 Å². The molecule has 4 aromatic rings. The average Bonchev–Trinajstić information content (AvgIpc) is 3.00. The molecule has 0 aliphatic carbocycles. The van der Waals surface area contributed by atoms with Gasteiger partial charge in [0.25, 0.3) is 5.91 Å². The molecule has 2 aromatic heterocycles. The van der Waals surface area contributed by atoms with Gasteiger partial charge < -0.3 is 14.2 Å². The molecule has 0 bridgehead atoms. The summed E-state index contributed by atoms with van der Waals surface area (Å²) in [7, 11) is 0. The summed E-state index contributed by atoms with van der Waals surface area (Å²) >= 11 is 0. The van der Waals surface area contributed by atoms with Crippen molar-refractivity contribution in [2.45, 2.75) is 6.42 Å². The van der Waals surface area contributed by atoms with Crippen molar-refractivity contribution in [3.05, 3.63) is 80.6 Å². The van der Waals surface area contributed by atoms with Gasteiger partial charge in [0.1, 0.15) is 11.1 Å². The van der Waals surface area contributed by atoms with E-state index in [1.54, 1.807) is 36.4 Å². The summed E-state index contributed by atoms with van der Waals surface area (Å²) in [6.45, 7) is 0.332. The summed E-state index contributed by atoms with van der Waals surface area (Å²) in [6, 6.07) is 13.8. The molecular weight excluding hydrogens is 336 g/mol. The van der Waals surface area contributed by atoms with E-state index < -0.39 is 17.3 Å². The van der Waals surface area contributed by atoms with Gasteiger partial charge in [-0.1, -0.05) is 24.3 Å². The second-order valence-electron chi connectivity index (χ2n) is 5.84. The fraction of sp³-hybridized carbons (Fsp3) is 0.105. The molecule has 130 valence electrons. The highest BCUT2D eigenvalue weighted by molar-refractivity contribution is 5.96. The minimum absolute atomic E-state index is 0.0293. The van der Waals surface area contributed by atoms with Crippen LogP contribution in [0.4, 0.5) is 0 Å². The lowest BCUT2D eigenvalue weighted by Gasteiger charge is -2.05. The summed E-state index contributed by atoms with van der Waals surface area (Å²) in [5.74, 6) is -0.990. The van der Waals surface area contributed by atoms with Crippen LogP contribution in [0.15, 0.2) is 67.0 Å². The van der Waals surface area contributed by atoms with Crippen molar-refractivity contribution in [2.24, 2.45) is 0 Å². The van der Waals surface area contributed by atoms with Crippen molar-refractivity contribution < 1.29 is 13.6 Å². The Hall–Kier alpha value is -3.61. The molecule has 0 atom stereocenters. The summed E-state index contributed by atoms with van der Waals surface area (Å²) in [5, 5.41) is 3.40. The van der Waals surface area contributed by atoms with Crippen molar-refractivity contribution in [1.82, 2.24) is 10.3 Å². The number of aromatic nitrogens is 1. The van der Waals surface area contributed by atoms with Crippen LogP contribution in [0.3, 0.4) is 0 Å². The molecule has 1 amide bonds. The van der Waals surface area contributed by atoms with Crippen molar-refractivity contribution in [3.63, 3.8) is 0 Å². The minimum atomic E-state index is -0.668. The Morgan fingerprint density at radius 2 is 1.85 bits per heavy atom. The van der Waals surface area contributed by atoms with Crippen LogP contribution in [0.5, 0.6) is 0 Å². The molecule has 7 nitrogen and oxygen atoms in total. The number of hydrogen-bond donors (Lipinski definition) is 2. The van der Waals surface area contributed by atoms with Gasteiger partial charge in [0.15, 0.2) is 5.58 Å². The third-order valence-electron chi connectivity index (χ3n) is 4.07. The van der Waals surface area contributed by atoms with E-state index in [0.717, 1.165) is 5.56 Å². The number of hydrogen-bond acceptors (Lipinski definition) is 5. The zero-order valence-electron chi connectivity index (χ0n) is 13.6. The Kier molecular flexibility index (Phi) is 3.89. The highest BCUT2D eigenvalue weighted by Crippen LogP contribution is 2.13. The molecule has 2 aromatic carbocycles. The Balaban J connectivity index is 1.47. The molecule has 0 radical (unpaired) electrons. The minimum Gasteiger partial charge on any atom is -0.422 e. The van der Waals surface area contributed by atoms with E-state index in [-0.39, 0.29) is 5.56 Å².